The third-order valence-electron chi connectivity index (χ3n) is 5.17. The standard InChI is InChI=1S/C22H23N5O/c1-4-17-12-20(10-11-21(17)19-13-23-24-14-19)27-22(28)26(16(3)25-27)15(2)18-8-6-5-7-9-18/h5-15H,4H2,1-3H3,(H,23,24). The van der Waals surface area contributed by atoms with Gasteiger partial charge in [-0.2, -0.15) is 14.9 Å². The Labute approximate surface area is 163 Å². The molecular formula is C22H23N5O. The molecule has 0 bridgehead atoms. The highest BCUT2D eigenvalue weighted by Crippen LogP contribution is 2.25. The summed E-state index contributed by atoms with van der Waals surface area (Å²) in [6, 6.07) is 15.9. The Kier molecular flexibility index (Phi) is 4.69. The second-order valence-electron chi connectivity index (χ2n) is 6.88. The van der Waals surface area contributed by atoms with Crippen molar-refractivity contribution in [2.24, 2.45) is 0 Å². The van der Waals surface area contributed by atoms with Crippen LogP contribution in [-0.4, -0.2) is 24.5 Å². The molecule has 0 saturated heterocycles. The van der Waals surface area contributed by atoms with Crippen molar-refractivity contribution in [2.75, 3.05) is 0 Å². The van der Waals surface area contributed by atoms with Crippen LogP contribution in [0, 0.1) is 6.92 Å². The lowest BCUT2D eigenvalue weighted by atomic mass is 10.00. The average Bonchev–Trinajstić information content (AvgIpc) is 3.36. The first-order chi connectivity index (χ1) is 13.6. The van der Waals surface area contributed by atoms with Crippen LogP contribution in [0.4, 0.5) is 0 Å². The summed E-state index contributed by atoms with van der Waals surface area (Å²) >= 11 is 0. The molecule has 28 heavy (non-hydrogen) atoms. The van der Waals surface area contributed by atoms with E-state index in [4.69, 9.17) is 0 Å². The quantitative estimate of drug-likeness (QED) is 0.577. The number of hydrogen-bond donors (Lipinski definition) is 1. The van der Waals surface area contributed by atoms with Gasteiger partial charge in [0.25, 0.3) is 0 Å². The largest absolute Gasteiger partial charge is 0.351 e. The summed E-state index contributed by atoms with van der Waals surface area (Å²) in [5.41, 5.74) is 5.02. The molecule has 0 saturated carbocycles. The number of nitrogens with zero attached hydrogens (tertiary/aromatic N) is 4. The normalized spacial score (nSPS) is 12.2. The zero-order valence-electron chi connectivity index (χ0n) is 16.3. The smallest absolute Gasteiger partial charge is 0.285 e. The SMILES string of the molecule is CCc1cc(-n2nc(C)n(C(C)c3ccccc3)c2=O)ccc1-c1cn[nH]c1. The summed E-state index contributed by atoms with van der Waals surface area (Å²) in [5, 5.41) is 11.4. The van der Waals surface area contributed by atoms with E-state index in [2.05, 4.69) is 22.2 Å². The summed E-state index contributed by atoms with van der Waals surface area (Å²) in [6.07, 6.45) is 4.53. The van der Waals surface area contributed by atoms with Crippen LogP contribution < -0.4 is 5.69 Å². The highest BCUT2D eigenvalue weighted by atomic mass is 16.2. The number of hydrogen-bond acceptors (Lipinski definition) is 3. The lowest BCUT2D eigenvalue weighted by molar-refractivity contribution is 0.595. The van der Waals surface area contributed by atoms with Gasteiger partial charge in [0.15, 0.2) is 0 Å². The zero-order chi connectivity index (χ0) is 19.7. The van der Waals surface area contributed by atoms with Gasteiger partial charge in [-0.05, 0) is 49.1 Å². The van der Waals surface area contributed by atoms with Gasteiger partial charge in [-0.25, -0.2) is 4.79 Å². The van der Waals surface area contributed by atoms with E-state index in [1.807, 2.05) is 68.6 Å². The maximum absolute atomic E-state index is 13.2. The first-order valence-corrected chi connectivity index (χ1v) is 9.45. The molecular weight excluding hydrogens is 350 g/mol. The second kappa shape index (κ2) is 7.31. The van der Waals surface area contributed by atoms with Crippen molar-refractivity contribution in [2.45, 2.75) is 33.2 Å². The van der Waals surface area contributed by atoms with E-state index in [1.165, 1.54) is 4.68 Å². The van der Waals surface area contributed by atoms with E-state index in [-0.39, 0.29) is 11.7 Å². The van der Waals surface area contributed by atoms with Crippen LogP contribution in [0.15, 0.2) is 65.7 Å². The third-order valence-corrected chi connectivity index (χ3v) is 5.17. The molecule has 0 aliphatic rings. The van der Waals surface area contributed by atoms with E-state index in [0.717, 1.165) is 34.4 Å². The fourth-order valence-corrected chi connectivity index (χ4v) is 3.66. The molecule has 0 spiro atoms. The Morgan fingerprint density at radius 2 is 1.93 bits per heavy atom. The molecule has 0 fully saturated rings. The Morgan fingerprint density at radius 3 is 2.61 bits per heavy atom. The minimum absolute atomic E-state index is 0.0849. The highest BCUT2D eigenvalue weighted by molar-refractivity contribution is 5.67. The molecule has 0 radical (unpaired) electrons. The summed E-state index contributed by atoms with van der Waals surface area (Å²) in [6.45, 7) is 6.00. The lowest BCUT2D eigenvalue weighted by Gasteiger charge is -2.13. The second-order valence-corrected chi connectivity index (χ2v) is 6.88. The summed E-state index contributed by atoms with van der Waals surface area (Å²) in [7, 11) is 0. The number of aryl methyl sites for hydroxylation is 2. The molecule has 2 aromatic heterocycles. The van der Waals surface area contributed by atoms with E-state index >= 15 is 0 Å². The predicted molar refractivity (Wildman–Crippen MR) is 110 cm³/mol. The van der Waals surface area contributed by atoms with Crippen molar-refractivity contribution in [3.05, 3.63) is 88.4 Å². The van der Waals surface area contributed by atoms with Crippen LogP contribution in [0.5, 0.6) is 0 Å². The number of aromatic nitrogens is 5. The van der Waals surface area contributed by atoms with Crippen LogP contribution in [0.1, 0.15) is 36.8 Å². The molecule has 6 heteroatoms. The molecule has 2 aromatic carbocycles. The predicted octanol–water partition coefficient (Wildman–Crippen LogP) is 3.90. The first kappa shape index (κ1) is 18.0. The van der Waals surface area contributed by atoms with Gasteiger partial charge >= 0.3 is 5.69 Å². The number of H-pyrrole nitrogens is 1. The molecule has 0 amide bonds. The molecule has 2 heterocycles. The zero-order valence-corrected chi connectivity index (χ0v) is 16.3. The minimum Gasteiger partial charge on any atom is -0.285 e. The van der Waals surface area contributed by atoms with Crippen LogP contribution in [0.2, 0.25) is 0 Å². The molecule has 4 rings (SSSR count). The van der Waals surface area contributed by atoms with Gasteiger partial charge in [-0.15, -0.1) is 0 Å². The Bertz CT molecular complexity index is 1140. The first-order valence-electron chi connectivity index (χ1n) is 9.45. The van der Waals surface area contributed by atoms with Crippen molar-refractivity contribution < 1.29 is 0 Å². The van der Waals surface area contributed by atoms with Crippen molar-refractivity contribution in [1.82, 2.24) is 24.5 Å². The van der Waals surface area contributed by atoms with Crippen molar-refractivity contribution >= 4 is 0 Å². The Hall–Kier alpha value is -3.41. The van der Waals surface area contributed by atoms with Gasteiger partial charge < -0.3 is 0 Å². The van der Waals surface area contributed by atoms with Crippen LogP contribution >= 0.6 is 0 Å². The van der Waals surface area contributed by atoms with Gasteiger partial charge in [-0.3, -0.25) is 9.67 Å². The lowest BCUT2D eigenvalue weighted by Crippen LogP contribution is -2.27. The molecule has 1 atom stereocenters. The Morgan fingerprint density at radius 1 is 1.14 bits per heavy atom. The molecule has 4 aromatic rings. The van der Waals surface area contributed by atoms with Crippen molar-refractivity contribution in [3.8, 4) is 16.8 Å². The monoisotopic (exact) mass is 373 g/mol. The van der Waals surface area contributed by atoms with Gasteiger partial charge in [0.2, 0.25) is 0 Å². The molecule has 6 nitrogen and oxygen atoms in total. The molecule has 0 aliphatic heterocycles. The van der Waals surface area contributed by atoms with Crippen LogP contribution in [0.25, 0.3) is 16.8 Å². The number of benzene rings is 2. The molecule has 1 N–H and O–H groups in total. The maximum Gasteiger partial charge on any atom is 0.351 e. The molecule has 142 valence electrons. The van der Waals surface area contributed by atoms with E-state index < -0.39 is 0 Å². The fraction of sp³-hybridized carbons (Fsp3) is 0.227. The van der Waals surface area contributed by atoms with Gasteiger partial charge in [0, 0.05) is 11.8 Å². The summed E-state index contributed by atoms with van der Waals surface area (Å²) < 4.78 is 3.23. The van der Waals surface area contributed by atoms with E-state index in [1.54, 1.807) is 10.8 Å². The Balaban J connectivity index is 1.78. The number of rotatable bonds is 5. The third kappa shape index (κ3) is 3.07. The van der Waals surface area contributed by atoms with Crippen molar-refractivity contribution in [3.63, 3.8) is 0 Å². The van der Waals surface area contributed by atoms with Crippen molar-refractivity contribution in [1.29, 1.82) is 0 Å². The highest BCUT2D eigenvalue weighted by Gasteiger charge is 2.18. The van der Waals surface area contributed by atoms with Gasteiger partial charge in [0.05, 0.1) is 17.9 Å². The maximum atomic E-state index is 13.2. The average molecular weight is 373 g/mol. The van der Waals surface area contributed by atoms with Gasteiger partial charge in [0.1, 0.15) is 5.82 Å². The minimum atomic E-state index is -0.132. The fourth-order valence-electron chi connectivity index (χ4n) is 3.66. The number of nitrogens with one attached hydrogen (secondary N) is 1. The van der Waals surface area contributed by atoms with E-state index in [9.17, 15) is 4.79 Å². The van der Waals surface area contributed by atoms with Crippen LogP contribution in [-0.2, 0) is 6.42 Å². The van der Waals surface area contributed by atoms with E-state index in [0.29, 0.717) is 5.82 Å². The molecule has 1 unspecified atom stereocenters. The summed E-state index contributed by atoms with van der Waals surface area (Å²) in [5.74, 6) is 0.693. The topological polar surface area (TPSA) is 68.5 Å². The molecule has 0 aliphatic carbocycles. The number of aromatic amines is 1. The van der Waals surface area contributed by atoms with Crippen LogP contribution in [0.3, 0.4) is 0 Å². The summed E-state index contributed by atoms with van der Waals surface area (Å²) in [4.78, 5) is 13.2. The van der Waals surface area contributed by atoms with Gasteiger partial charge in [-0.1, -0.05) is 43.3 Å².